The lowest BCUT2D eigenvalue weighted by molar-refractivity contribution is 0.122. The maximum Gasteiger partial charge on any atom is 0.354 e. The van der Waals surface area contributed by atoms with Crippen LogP contribution >= 0.6 is 47.0 Å². The van der Waals surface area contributed by atoms with E-state index in [9.17, 15) is 84.4 Å². The largest absolute Gasteiger partial charge is 0.505 e. The summed E-state index contributed by atoms with van der Waals surface area (Å²) in [5, 5.41) is 38.1. The normalized spacial score (nSPS) is 12.2. The number of hydrogen-bond donors (Lipinski definition) is 4. The Bertz CT molecular complexity index is 9160. The molecule has 22 rings (SSSR count). The molecule has 37 heteroatoms. The Morgan fingerprint density at radius 3 is 1.34 bits per heavy atom. The highest BCUT2D eigenvalue weighted by Crippen LogP contribution is 2.48. The average molecular weight is 2040 g/mol. The minimum absolute atomic E-state index is 0.00932. The number of halogens is 7. The minimum atomic E-state index is -0.940. The number of ether oxygens (including phenoxy) is 5. The molecule has 0 aliphatic carbocycles. The lowest BCUT2D eigenvalue weighted by Crippen LogP contribution is -2.36. The van der Waals surface area contributed by atoms with E-state index in [2.05, 4.69) is 10.2 Å². The van der Waals surface area contributed by atoms with E-state index in [4.69, 9.17) is 41.4 Å². The smallest absolute Gasteiger partial charge is 0.354 e. The molecule has 0 amide bonds. The van der Waals surface area contributed by atoms with Crippen molar-refractivity contribution in [3.05, 3.63) is 407 Å². The first-order valence-electron chi connectivity index (χ1n) is 44.2. The number of benzene rings is 12. The predicted molar refractivity (Wildman–Crippen MR) is 539 cm³/mol. The fourth-order valence-corrected chi connectivity index (χ4v) is 20.6. The van der Waals surface area contributed by atoms with Crippen LogP contribution in [0.15, 0.2) is 356 Å². The van der Waals surface area contributed by atoms with Gasteiger partial charge in [0.2, 0.25) is 0 Å². The Morgan fingerprint density at radius 1 is 0.359 bits per heavy atom. The SMILES string of the molecule is COc1cc2c3oc(=O)c(Sc4ccc(F)cc4)c(O)c3c(=O)n(Cc3ccc(F)cc3)c2cc1OC.COc1cc2c3oc(=O)c(Sc4ccccc4F)c(O)c3c(=O)n(Cc3ccc(F)cc3)c2cc1OC.O=c1oc2c(c(O)c1Sc1cccc(F)c1)c(=O)n(Cc1cccc(F)c1)c1ccc(N3CCOCC3)cc21.O=c1oc2c(c3c1Sc1ccccc1N3)c(=O)n(Cc1ccccc1F)c1ccccc21. The van der Waals surface area contributed by atoms with Gasteiger partial charge >= 0.3 is 22.5 Å². The molecular formula is C108H75F7N6O20S4. The van der Waals surface area contributed by atoms with Crippen LogP contribution in [0, 0.1) is 40.7 Å². The zero-order valence-electron chi connectivity index (χ0n) is 76.3. The van der Waals surface area contributed by atoms with Crippen LogP contribution in [0.3, 0.4) is 0 Å². The van der Waals surface area contributed by atoms with Gasteiger partial charge in [0.15, 0.2) is 62.6 Å². The van der Waals surface area contributed by atoms with Gasteiger partial charge in [0.05, 0.1) is 101 Å². The van der Waals surface area contributed by atoms with Crippen LogP contribution in [0.4, 0.5) is 47.8 Å². The highest BCUT2D eigenvalue weighted by atomic mass is 32.2. The first-order valence-corrected chi connectivity index (χ1v) is 47.5. The molecular weight excluding hydrogens is 1960 g/mol. The average Bonchev–Trinajstić information content (AvgIpc) is 0.753. The van der Waals surface area contributed by atoms with Crippen molar-refractivity contribution in [1.29, 1.82) is 0 Å². The topological polar surface area (TPSA) is 331 Å². The standard InChI is InChI=1S/C29H22F2N2O5S.2C27H19F2NO6S.C25H15FN2O3S/c30-18-4-1-3-17(13-18)16-33-23-8-7-20(32-9-11-37-12-10-32)15-22(23)26-24(28(33)35)25(34)27(29(36)38-26)39-21-6-2-5-19(31)14-21;1-34-20-11-18-19(12-21(20)35-2)30(13-14-3-5-15(28)6-4-14)26(32)22-23(31)25(27(33)36-24(18)22)37-17-9-7-16(29)8-10-17;1-34-19-11-16-18(12-20(19)35-2)30(13-14-7-9-15(28)10-8-14)26(32)22-23(31)25(27(33)36-24(16)22)37-21-6-4-3-5-17(21)29;26-16-9-3-1-7-14(16)13-28-18-11-5-2-8-15(18)22-20(24(28)29)21-23(25(30)31-22)32-19-12-6-4-10-17(19)27-21/h1-8,13-15,34H,9-12,16H2;2*3-12,31H,13H2,1-2H3;1-12,27H,13H2. The Morgan fingerprint density at radius 2 is 0.793 bits per heavy atom. The summed E-state index contributed by atoms with van der Waals surface area (Å²) in [5.74, 6) is -3.72. The highest BCUT2D eigenvalue weighted by molar-refractivity contribution is 8.00. The lowest BCUT2D eigenvalue weighted by Gasteiger charge is -2.29. The molecule has 2 aliphatic heterocycles. The predicted octanol–water partition coefficient (Wildman–Crippen LogP) is 21.2. The number of para-hydroxylation sites is 2. The first-order chi connectivity index (χ1) is 70.1. The van der Waals surface area contributed by atoms with E-state index in [1.54, 1.807) is 97.1 Å². The molecule has 730 valence electrons. The summed E-state index contributed by atoms with van der Waals surface area (Å²) in [6.07, 6.45) is 0. The maximum absolute atomic E-state index is 14.4. The molecule has 0 saturated carbocycles. The molecule has 12 aromatic carbocycles. The van der Waals surface area contributed by atoms with Crippen molar-refractivity contribution >= 4 is 152 Å². The van der Waals surface area contributed by atoms with Gasteiger partial charge < -0.3 is 85.2 Å². The number of pyridine rings is 4. The number of fused-ring (bicyclic) bond motifs is 15. The number of aromatic hydroxyl groups is 3. The van der Waals surface area contributed by atoms with Crippen LogP contribution in [-0.4, -0.2) is 88.3 Å². The van der Waals surface area contributed by atoms with Gasteiger partial charge in [0.1, 0.15) is 81.8 Å². The first kappa shape index (κ1) is 97.2. The molecule has 26 nitrogen and oxygen atoms in total. The zero-order valence-corrected chi connectivity index (χ0v) is 79.5. The maximum atomic E-state index is 14.4. The lowest BCUT2D eigenvalue weighted by atomic mass is 10.1. The van der Waals surface area contributed by atoms with Crippen LogP contribution in [0.2, 0.25) is 0 Å². The van der Waals surface area contributed by atoms with E-state index in [1.807, 2.05) is 42.5 Å². The summed E-state index contributed by atoms with van der Waals surface area (Å²) in [4.78, 5) is 110. The number of nitrogens with zero attached hydrogens (tertiary/aromatic N) is 5. The van der Waals surface area contributed by atoms with E-state index in [1.165, 1.54) is 180 Å². The minimum Gasteiger partial charge on any atom is -0.505 e. The zero-order chi connectivity index (χ0) is 101. The fraction of sp³-hybridized carbons (Fsp3) is 0.111. The van der Waals surface area contributed by atoms with Gasteiger partial charge in [0, 0.05) is 77.6 Å². The van der Waals surface area contributed by atoms with Crippen molar-refractivity contribution in [3.63, 3.8) is 0 Å². The number of hydrogen-bond acceptors (Lipinski definition) is 26. The number of aromatic nitrogens is 4. The molecule has 1 saturated heterocycles. The molecule has 8 aromatic heterocycles. The van der Waals surface area contributed by atoms with Crippen molar-refractivity contribution in [2.75, 3.05) is 65.0 Å². The monoisotopic (exact) mass is 2040 g/mol. The number of anilines is 3. The second kappa shape index (κ2) is 41.1. The quantitative estimate of drug-likeness (QED) is 0.0431. The van der Waals surface area contributed by atoms with Gasteiger partial charge in [-0.3, -0.25) is 19.2 Å². The second-order valence-electron chi connectivity index (χ2n) is 32.8. The number of morpholine rings is 1. The molecule has 0 spiro atoms. The summed E-state index contributed by atoms with van der Waals surface area (Å²) in [5.41, 5.74) is 0.423. The van der Waals surface area contributed by atoms with Gasteiger partial charge in [-0.2, -0.15) is 0 Å². The van der Waals surface area contributed by atoms with E-state index in [0.717, 1.165) is 39.8 Å². The summed E-state index contributed by atoms with van der Waals surface area (Å²) in [6, 6.07) is 66.5. The molecule has 0 atom stereocenters. The van der Waals surface area contributed by atoms with E-state index >= 15 is 0 Å². The van der Waals surface area contributed by atoms with Crippen LogP contribution in [0.5, 0.6) is 40.2 Å². The van der Waals surface area contributed by atoms with Crippen molar-refractivity contribution in [2.45, 2.75) is 65.3 Å². The Labute approximate surface area is 829 Å². The van der Waals surface area contributed by atoms with E-state index < -0.39 is 91.3 Å². The summed E-state index contributed by atoms with van der Waals surface area (Å²) < 4.78 is 152. The number of nitrogens with one attached hydrogen (secondary N) is 1. The van der Waals surface area contributed by atoms with Gasteiger partial charge in [0.25, 0.3) is 22.2 Å². The molecule has 10 heterocycles. The summed E-state index contributed by atoms with van der Waals surface area (Å²) in [7, 11) is 5.74. The van der Waals surface area contributed by atoms with Crippen molar-refractivity contribution in [2.24, 2.45) is 0 Å². The molecule has 2 aliphatic rings. The van der Waals surface area contributed by atoms with Gasteiger partial charge in [-0.15, -0.1) is 0 Å². The Hall–Kier alpha value is -16.6. The molecule has 20 aromatic rings. The summed E-state index contributed by atoms with van der Waals surface area (Å²) in [6.45, 7) is 2.56. The van der Waals surface area contributed by atoms with Crippen molar-refractivity contribution in [1.82, 2.24) is 18.3 Å². The third kappa shape index (κ3) is 19.3. The third-order valence-electron chi connectivity index (χ3n) is 24.0. The van der Waals surface area contributed by atoms with Crippen LogP contribution in [-0.2, 0) is 30.9 Å². The van der Waals surface area contributed by atoms with Gasteiger partial charge in [-0.1, -0.05) is 144 Å². The fourth-order valence-electron chi connectivity index (χ4n) is 17.1. The number of rotatable bonds is 19. The molecule has 145 heavy (non-hydrogen) atoms. The Kier molecular flexibility index (Phi) is 27.6. The van der Waals surface area contributed by atoms with Crippen molar-refractivity contribution < 1.29 is 87.4 Å². The molecule has 0 bridgehead atoms. The van der Waals surface area contributed by atoms with Crippen LogP contribution in [0.25, 0.3) is 87.5 Å². The van der Waals surface area contributed by atoms with Crippen molar-refractivity contribution in [3.8, 4) is 40.2 Å². The highest BCUT2D eigenvalue weighted by Gasteiger charge is 2.32. The number of methoxy groups -OCH3 is 4. The van der Waals surface area contributed by atoms with E-state index in [0.29, 0.717) is 147 Å². The molecule has 0 unspecified atom stereocenters. The van der Waals surface area contributed by atoms with E-state index in [-0.39, 0.29) is 101 Å². The van der Waals surface area contributed by atoms with Gasteiger partial charge in [-0.05, 0) is 168 Å². The third-order valence-corrected chi connectivity index (χ3v) is 28.4. The summed E-state index contributed by atoms with van der Waals surface area (Å²) >= 11 is 3.58. The Balaban J connectivity index is 0.000000122. The second-order valence-corrected chi connectivity index (χ2v) is 37.1. The molecule has 0 radical (unpaired) electrons. The van der Waals surface area contributed by atoms with Crippen LogP contribution < -0.4 is 73.9 Å². The molecule has 4 N–H and O–H groups in total. The molecule has 1 fully saturated rings. The van der Waals surface area contributed by atoms with Gasteiger partial charge in [-0.25, -0.2) is 49.9 Å². The van der Waals surface area contributed by atoms with Crippen LogP contribution in [0.1, 0.15) is 22.3 Å².